The van der Waals surface area contributed by atoms with E-state index in [0.29, 0.717) is 6.42 Å². The molecule has 1 unspecified atom stereocenters. The smallest absolute Gasteiger partial charge is 0.160 e. The molecular weight excluding hydrogens is 92.1 g/mol. The number of aliphatic hydroxyl groups is 1. The van der Waals surface area contributed by atoms with Crippen molar-refractivity contribution in [2.75, 3.05) is 0 Å². The molecule has 0 spiro atoms. The molecule has 0 aliphatic carbocycles. The first kappa shape index (κ1) is 6.63. The van der Waals surface area contributed by atoms with Crippen molar-refractivity contribution in [3.05, 3.63) is 6.92 Å². The molecule has 0 saturated carbocycles. The third-order valence-corrected chi connectivity index (χ3v) is 0.720. The largest absolute Gasteiger partial charge is 0.385 e. The highest BCUT2D eigenvalue weighted by Gasteiger charge is 2.03. The van der Waals surface area contributed by atoms with Crippen LogP contribution in [0.4, 0.5) is 0 Å². The minimum absolute atomic E-state index is 0.208. The number of ketones is 1. The second kappa shape index (κ2) is 2.75. The molecule has 0 aliphatic heterocycles. The Hall–Kier alpha value is -0.370. The quantitative estimate of drug-likeness (QED) is 0.538. The van der Waals surface area contributed by atoms with E-state index in [2.05, 4.69) is 6.92 Å². The average Bonchev–Trinajstić information content (AvgIpc) is 1.65. The fraction of sp³-hybridized carbons (Fsp3) is 0.600. The van der Waals surface area contributed by atoms with Gasteiger partial charge in [-0.25, -0.2) is 0 Å². The first-order chi connectivity index (χ1) is 3.18. The first-order valence-corrected chi connectivity index (χ1v) is 2.22. The lowest BCUT2D eigenvalue weighted by atomic mass is 10.2. The van der Waals surface area contributed by atoms with Crippen molar-refractivity contribution >= 4 is 5.78 Å². The van der Waals surface area contributed by atoms with Crippen molar-refractivity contribution in [2.24, 2.45) is 0 Å². The van der Waals surface area contributed by atoms with E-state index in [9.17, 15) is 4.79 Å². The number of hydrogen-bond acceptors (Lipinski definition) is 2. The van der Waals surface area contributed by atoms with Crippen molar-refractivity contribution in [3.8, 4) is 0 Å². The first-order valence-electron chi connectivity index (χ1n) is 2.22. The molecule has 0 saturated heterocycles. The van der Waals surface area contributed by atoms with E-state index in [0.717, 1.165) is 0 Å². The monoisotopic (exact) mass is 101 g/mol. The predicted molar refractivity (Wildman–Crippen MR) is 26.7 cm³/mol. The summed E-state index contributed by atoms with van der Waals surface area (Å²) in [6.45, 7) is 4.81. The Morgan fingerprint density at radius 2 is 2.43 bits per heavy atom. The highest BCUT2D eigenvalue weighted by Crippen LogP contribution is 1.85. The van der Waals surface area contributed by atoms with E-state index in [1.54, 1.807) is 6.92 Å². The summed E-state index contributed by atoms with van der Waals surface area (Å²) in [4.78, 5) is 10.2. The van der Waals surface area contributed by atoms with Gasteiger partial charge in [0.15, 0.2) is 5.78 Å². The summed E-state index contributed by atoms with van der Waals surface area (Å²) in [6, 6.07) is 0. The summed E-state index contributed by atoms with van der Waals surface area (Å²) in [7, 11) is 0. The van der Waals surface area contributed by atoms with Crippen LogP contribution < -0.4 is 0 Å². The standard InChI is InChI=1S/C5H9O2/c1-3-5(7)4(2)6/h4,6H,2-3H2,1H3. The van der Waals surface area contributed by atoms with Gasteiger partial charge in [0.2, 0.25) is 0 Å². The minimum Gasteiger partial charge on any atom is -0.385 e. The fourth-order valence-corrected chi connectivity index (χ4v) is 0.236. The zero-order valence-electron chi connectivity index (χ0n) is 4.35. The van der Waals surface area contributed by atoms with E-state index >= 15 is 0 Å². The third kappa shape index (κ3) is 2.34. The lowest BCUT2D eigenvalue weighted by Gasteiger charge is -1.95. The Bertz CT molecular complexity index is 66.5. The van der Waals surface area contributed by atoms with Crippen LogP contribution in [0.1, 0.15) is 13.3 Å². The lowest BCUT2D eigenvalue weighted by Crippen LogP contribution is -2.14. The molecule has 0 aromatic heterocycles. The summed E-state index contributed by atoms with van der Waals surface area (Å²) >= 11 is 0. The van der Waals surface area contributed by atoms with Crippen LogP contribution in [0.5, 0.6) is 0 Å². The fourth-order valence-electron chi connectivity index (χ4n) is 0.236. The molecule has 1 N–H and O–H groups in total. The van der Waals surface area contributed by atoms with Gasteiger partial charge in [-0.2, -0.15) is 0 Å². The van der Waals surface area contributed by atoms with Gasteiger partial charge in [0.1, 0.15) is 6.10 Å². The van der Waals surface area contributed by atoms with Crippen molar-refractivity contribution in [1.82, 2.24) is 0 Å². The second-order valence-electron chi connectivity index (χ2n) is 1.34. The molecule has 0 amide bonds. The number of carbonyl (C=O) groups is 1. The number of Topliss-reactive ketones (excluding diaryl/α,β-unsaturated/α-hetero) is 1. The second-order valence-corrected chi connectivity index (χ2v) is 1.34. The van der Waals surface area contributed by atoms with Crippen LogP contribution in [-0.4, -0.2) is 17.0 Å². The van der Waals surface area contributed by atoms with E-state index in [1.807, 2.05) is 0 Å². The van der Waals surface area contributed by atoms with E-state index in [-0.39, 0.29) is 5.78 Å². The van der Waals surface area contributed by atoms with E-state index in [1.165, 1.54) is 0 Å². The van der Waals surface area contributed by atoms with Gasteiger partial charge in [0, 0.05) is 6.42 Å². The van der Waals surface area contributed by atoms with Crippen molar-refractivity contribution in [3.63, 3.8) is 0 Å². The Labute approximate surface area is 43.2 Å². The van der Waals surface area contributed by atoms with Gasteiger partial charge in [0.25, 0.3) is 0 Å². The van der Waals surface area contributed by atoms with Crippen LogP contribution in [-0.2, 0) is 4.79 Å². The molecule has 0 fully saturated rings. The number of aliphatic hydroxyl groups excluding tert-OH is 1. The predicted octanol–water partition coefficient (Wildman–Crippen LogP) is 0.160. The van der Waals surface area contributed by atoms with Crippen LogP contribution in [0.25, 0.3) is 0 Å². The summed E-state index contributed by atoms with van der Waals surface area (Å²) < 4.78 is 0. The molecule has 2 nitrogen and oxygen atoms in total. The van der Waals surface area contributed by atoms with Gasteiger partial charge in [-0.3, -0.25) is 4.79 Å². The lowest BCUT2D eigenvalue weighted by molar-refractivity contribution is -0.124. The topological polar surface area (TPSA) is 37.3 Å². The summed E-state index contributed by atoms with van der Waals surface area (Å²) in [5.41, 5.74) is 0. The molecule has 0 aliphatic rings. The van der Waals surface area contributed by atoms with Crippen LogP contribution >= 0.6 is 0 Å². The van der Waals surface area contributed by atoms with Gasteiger partial charge in [-0.1, -0.05) is 6.92 Å². The molecule has 7 heavy (non-hydrogen) atoms. The highest BCUT2D eigenvalue weighted by atomic mass is 16.3. The molecular formula is C5H9O2. The number of carbonyl (C=O) groups excluding carboxylic acids is 1. The zero-order chi connectivity index (χ0) is 5.86. The molecule has 0 aromatic carbocycles. The van der Waals surface area contributed by atoms with Crippen molar-refractivity contribution in [2.45, 2.75) is 19.4 Å². The Morgan fingerprint density at radius 3 is 2.43 bits per heavy atom. The Balaban J connectivity index is 3.35. The molecule has 0 bridgehead atoms. The van der Waals surface area contributed by atoms with Crippen LogP contribution in [0, 0.1) is 6.92 Å². The van der Waals surface area contributed by atoms with Gasteiger partial charge in [-0.05, 0) is 6.92 Å². The van der Waals surface area contributed by atoms with Crippen LogP contribution in [0.2, 0.25) is 0 Å². The van der Waals surface area contributed by atoms with E-state index < -0.39 is 6.10 Å². The van der Waals surface area contributed by atoms with Gasteiger partial charge in [0.05, 0.1) is 0 Å². The van der Waals surface area contributed by atoms with Gasteiger partial charge >= 0.3 is 0 Å². The van der Waals surface area contributed by atoms with Gasteiger partial charge < -0.3 is 5.11 Å². The summed E-state index contributed by atoms with van der Waals surface area (Å²) in [5.74, 6) is -0.208. The SMILES string of the molecule is [CH2]C(O)C(=O)CC. The minimum atomic E-state index is -1.02. The Morgan fingerprint density at radius 1 is 2.00 bits per heavy atom. The number of hydrogen-bond donors (Lipinski definition) is 1. The summed E-state index contributed by atoms with van der Waals surface area (Å²) in [5, 5.41) is 8.36. The van der Waals surface area contributed by atoms with Crippen LogP contribution in [0.15, 0.2) is 0 Å². The molecule has 1 atom stereocenters. The highest BCUT2D eigenvalue weighted by molar-refractivity contribution is 5.82. The van der Waals surface area contributed by atoms with Crippen molar-refractivity contribution < 1.29 is 9.90 Å². The zero-order valence-corrected chi connectivity index (χ0v) is 4.35. The molecule has 0 rings (SSSR count). The third-order valence-electron chi connectivity index (χ3n) is 0.720. The molecule has 41 valence electrons. The van der Waals surface area contributed by atoms with Gasteiger partial charge in [-0.15, -0.1) is 0 Å². The molecule has 0 aromatic rings. The maximum Gasteiger partial charge on any atom is 0.160 e. The van der Waals surface area contributed by atoms with E-state index in [4.69, 9.17) is 5.11 Å². The molecule has 0 heterocycles. The Kier molecular flexibility index (Phi) is 2.60. The normalized spacial score (nSPS) is 13.6. The van der Waals surface area contributed by atoms with Crippen LogP contribution in [0.3, 0.4) is 0 Å². The molecule has 2 heteroatoms. The molecule has 1 radical (unpaired) electrons. The number of rotatable bonds is 2. The summed E-state index contributed by atoms with van der Waals surface area (Å²) in [6.07, 6.45) is -0.657. The van der Waals surface area contributed by atoms with Crippen molar-refractivity contribution in [1.29, 1.82) is 0 Å². The average molecular weight is 101 g/mol. The maximum absolute atomic E-state index is 10.2. The maximum atomic E-state index is 10.2.